The van der Waals surface area contributed by atoms with E-state index in [1.54, 1.807) is 0 Å². The summed E-state index contributed by atoms with van der Waals surface area (Å²) >= 11 is 0. The number of esters is 2. The third kappa shape index (κ3) is 29.7. The highest BCUT2D eigenvalue weighted by Gasteiger charge is 2.51. The minimum atomic E-state index is -5.13. The van der Waals surface area contributed by atoms with Crippen molar-refractivity contribution >= 4 is 19.8 Å². The van der Waals surface area contributed by atoms with Crippen LogP contribution in [0.1, 0.15) is 181 Å². The maximum Gasteiger partial charge on any atom is 0.472 e. The zero-order chi connectivity index (χ0) is 45.0. The number of carbonyl (C=O) groups is 2. The average molecular weight is 887 g/mol. The standard InChI is InChI=1S/C47H83O13P/c1-3-5-7-9-11-13-15-17-19-20-22-24-26-28-30-32-34-36-41(49)59-39(38-58-61(55,56)60-47-45(53)43(51)42(50)44(52)46(47)54)37-57-40(48)35-33-31-29-27-25-23-21-18-16-14-12-10-8-6-4-2/h14,16-17,19,22,24,28,30,39,42-47,50-54H,3-13,15,18,20-21,23,25-27,29,31-38H2,1-2H3,(H,55,56). The zero-order valence-electron chi connectivity index (χ0n) is 37.4. The van der Waals surface area contributed by atoms with E-state index < -0.39 is 75.7 Å². The number of aliphatic hydroxyl groups is 5. The first kappa shape index (κ1) is 56.8. The summed E-state index contributed by atoms with van der Waals surface area (Å²) in [5.74, 6) is -1.17. The second kappa shape index (κ2) is 37.2. The number of ether oxygens (including phenoxy) is 2. The predicted octanol–water partition coefficient (Wildman–Crippen LogP) is 9.17. The second-order valence-electron chi connectivity index (χ2n) is 16.3. The predicted molar refractivity (Wildman–Crippen MR) is 239 cm³/mol. The van der Waals surface area contributed by atoms with Gasteiger partial charge in [0.2, 0.25) is 0 Å². The first-order chi connectivity index (χ1) is 29.4. The summed E-state index contributed by atoms with van der Waals surface area (Å²) in [6, 6.07) is 0. The SMILES string of the molecule is CCCCCCC=CCCCCCCCCCC(=O)OCC(COP(=O)(O)OC1C(O)C(O)C(O)C(O)C1O)OC(=O)CCCC=CCC=CCC=CCCCCCCCC. The van der Waals surface area contributed by atoms with Crippen LogP contribution in [0.15, 0.2) is 48.6 Å². The molecule has 14 heteroatoms. The summed E-state index contributed by atoms with van der Waals surface area (Å²) in [5, 5.41) is 50.1. The van der Waals surface area contributed by atoms with Gasteiger partial charge in [-0.25, -0.2) is 4.57 Å². The molecule has 0 bridgehead atoms. The first-order valence-corrected chi connectivity index (χ1v) is 24.9. The van der Waals surface area contributed by atoms with Gasteiger partial charge < -0.3 is 39.9 Å². The number of phosphoric ester groups is 1. The van der Waals surface area contributed by atoms with Crippen molar-refractivity contribution in [3.8, 4) is 0 Å². The Labute approximate surface area is 367 Å². The number of hydrogen-bond donors (Lipinski definition) is 6. The first-order valence-electron chi connectivity index (χ1n) is 23.4. The number of aliphatic hydroxyl groups excluding tert-OH is 5. The maximum absolute atomic E-state index is 12.8. The van der Waals surface area contributed by atoms with Crippen molar-refractivity contribution in [2.75, 3.05) is 13.2 Å². The molecule has 0 saturated heterocycles. The molecule has 61 heavy (non-hydrogen) atoms. The molecule has 13 nitrogen and oxygen atoms in total. The van der Waals surface area contributed by atoms with Gasteiger partial charge in [0.05, 0.1) is 6.61 Å². The summed E-state index contributed by atoms with van der Waals surface area (Å²) in [4.78, 5) is 35.7. The molecule has 1 aliphatic carbocycles. The van der Waals surface area contributed by atoms with Gasteiger partial charge in [0.1, 0.15) is 43.2 Å². The van der Waals surface area contributed by atoms with Gasteiger partial charge in [-0.2, -0.15) is 0 Å². The van der Waals surface area contributed by atoms with Crippen molar-refractivity contribution in [1.82, 2.24) is 0 Å². The van der Waals surface area contributed by atoms with Gasteiger partial charge in [0, 0.05) is 12.8 Å². The van der Waals surface area contributed by atoms with E-state index in [0.29, 0.717) is 19.3 Å². The Kier molecular flexibility index (Phi) is 34.7. The second-order valence-corrected chi connectivity index (χ2v) is 17.7. The number of carbonyl (C=O) groups excluding carboxylic acids is 2. The molecule has 0 aromatic heterocycles. The summed E-state index contributed by atoms with van der Waals surface area (Å²) in [5.41, 5.74) is 0. The lowest BCUT2D eigenvalue weighted by Crippen LogP contribution is -2.64. The highest BCUT2D eigenvalue weighted by Crippen LogP contribution is 2.47. The lowest BCUT2D eigenvalue weighted by Gasteiger charge is -2.41. The Balaban J connectivity index is 2.50. The Hall–Kier alpha value is -2.19. The molecule has 1 aliphatic rings. The van der Waals surface area contributed by atoms with Crippen molar-refractivity contribution in [2.45, 2.75) is 224 Å². The molecule has 0 aromatic rings. The van der Waals surface area contributed by atoms with E-state index in [1.165, 1.54) is 83.5 Å². The summed E-state index contributed by atoms with van der Waals surface area (Å²) < 4.78 is 33.5. The number of allylic oxidation sites excluding steroid dienone is 8. The van der Waals surface area contributed by atoms with Crippen LogP contribution in [-0.2, 0) is 32.7 Å². The Morgan fingerprint density at radius 2 is 0.902 bits per heavy atom. The molecular formula is C47H83O13P. The number of rotatable bonds is 38. The van der Waals surface area contributed by atoms with E-state index in [2.05, 4.69) is 50.3 Å². The van der Waals surface area contributed by atoms with Crippen LogP contribution in [0.3, 0.4) is 0 Å². The fourth-order valence-corrected chi connectivity index (χ4v) is 7.80. The van der Waals surface area contributed by atoms with Crippen LogP contribution in [-0.4, -0.2) is 98.3 Å². The number of unbranched alkanes of at least 4 members (excludes halogenated alkanes) is 18. The van der Waals surface area contributed by atoms with Crippen LogP contribution in [0.2, 0.25) is 0 Å². The van der Waals surface area contributed by atoms with Crippen LogP contribution in [0.5, 0.6) is 0 Å². The van der Waals surface area contributed by atoms with Crippen molar-refractivity contribution < 1.29 is 63.1 Å². The van der Waals surface area contributed by atoms with Gasteiger partial charge in [-0.05, 0) is 70.6 Å². The topological polar surface area (TPSA) is 210 Å². The summed E-state index contributed by atoms with van der Waals surface area (Å²) in [7, 11) is -5.13. The molecule has 1 rings (SSSR count). The molecule has 6 atom stereocenters. The third-order valence-corrected chi connectivity index (χ3v) is 11.6. The molecule has 354 valence electrons. The number of phosphoric acid groups is 1. The van der Waals surface area contributed by atoms with Crippen LogP contribution in [0.25, 0.3) is 0 Å². The van der Waals surface area contributed by atoms with Gasteiger partial charge in [-0.1, -0.05) is 146 Å². The van der Waals surface area contributed by atoms with E-state index in [1.807, 2.05) is 12.2 Å². The molecular weight excluding hydrogens is 803 g/mol. The molecule has 0 aromatic carbocycles. The summed E-state index contributed by atoms with van der Waals surface area (Å²) in [6.45, 7) is 3.23. The molecule has 6 unspecified atom stereocenters. The number of hydrogen-bond acceptors (Lipinski definition) is 12. The van der Waals surface area contributed by atoms with E-state index in [0.717, 1.165) is 51.4 Å². The van der Waals surface area contributed by atoms with E-state index in [-0.39, 0.29) is 12.8 Å². The molecule has 0 aliphatic heterocycles. The Morgan fingerprint density at radius 1 is 0.508 bits per heavy atom. The van der Waals surface area contributed by atoms with Crippen LogP contribution in [0.4, 0.5) is 0 Å². The van der Waals surface area contributed by atoms with Crippen LogP contribution in [0, 0.1) is 0 Å². The Morgan fingerprint density at radius 3 is 1.43 bits per heavy atom. The van der Waals surface area contributed by atoms with Gasteiger partial charge in [0.15, 0.2) is 6.10 Å². The highest BCUT2D eigenvalue weighted by atomic mass is 31.2. The molecule has 0 heterocycles. The smallest absolute Gasteiger partial charge is 0.462 e. The van der Waals surface area contributed by atoms with E-state index >= 15 is 0 Å². The van der Waals surface area contributed by atoms with Crippen molar-refractivity contribution in [3.05, 3.63) is 48.6 Å². The largest absolute Gasteiger partial charge is 0.472 e. The van der Waals surface area contributed by atoms with Crippen LogP contribution < -0.4 is 0 Å². The molecule has 1 fully saturated rings. The molecule has 0 radical (unpaired) electrons. The van der Waals surface area contributed by atoms with Gasteiger partial charge in [0.25, 0.3) is 0 Å². The highest BCUT2D eigenvalue weighted by molar-refractivity contribution is 7.47. The molecule has 6 N–H and O–H groups in total. The Bertz CT molecular complexity index is 1250. The normalized spacial score (nSPS) is 22.4. The fourth-order valence-electron chi connectivity index (χ4n) is 6.83. The minimum absolute atomic E-state index is 0.0235. The minimum Gasteiger partial charge on any atom is -0.462 e. The quantitative estimate of drug-likeness (QED) is 0.0148. The van der Waals surface area contributed by atoms with E-state index in [9.17, 15) is 44.6 Å². The van der Waals surface area contributed by atoms with Crippen molar-refractivity contribution in [1.29, 1.82) is 0 Å². The van der Waals surface area contributed by atoms with E-state index in [4.69, 9.17) is 18.5 Å². The monoisotopic (exact) mass is 887 g/mol. The van der Waals surface area contributed by atoms with Crippen LogP contribution >= 0.6 is 7.82 Å². The molecule has 0 spiro atoms. The van der Waals surface area contributed by atoms with Gasteiger partial charge in [-0.3, -0.25) is 18.6 Å². The van der Waals surface area contributed by atoms with Gasteiger partial charge in [-0.15, -0.1) is 0 Å². The van der Waals surface area contributed by atoms with Crippen molar-refractivity contribution in [3.63, 3.8) is 0 Å². The maximum atomic E-state index is 12.8. The lowest BCUT2D eigenvalue weighted by molar-refractivity contribution is -0.220. The van der Waals surface area contributed by atoms with Crippen molar-refractivity contribution in [2.24, 2.45) is 0 Å². The fraction of sp³-hybridized carbons (Fsp3) is 0.787. The zero-order valence-corrected chi connectivity index (χ0v) is 38.3. The molecule has 1 saturated carbocycles. The average Bonchev–Trinajstić information content (AvgIpc) is 3.24. The lowest BCUT2D eigenvalue weighted by atomic mass is 9.85. The molecule has 0 amide bonds. The summed E-state index contributed by atoms with van der Waals surface area (Å²) in [6.07, 6.45) is 30.3. The third-order valence-electron chi connectivity index (χ3n) is 10.6. The van der Waals surface area contributed by atoms with Gasteiger partial charge >= 0.3 is 19.8 Å².